The van der Waals surface area contributed by atoms with Crippen molar-refractivity contribution >= 4 is 30.9 Å². The Kier molecular flexibility index (Phi) is 8.88. The summed E-state index contributed by atoms with van der Waals surface area (Å²) in [6.07, 6.45) is 8.91. The van der Waals surface area contributed by atoms with Gasteiger partial charge in [-0.3, -0.25) is 4.90 Å². The Morgan fingerprint density at radius 2 is 1.97 bits per heavy atom. The summed E-state index contributed by atoms with van der Waals surface area (Å²) in [5, 5.41) is 5.05. The van der Waals surface area contributed by atoms with Crippen LogP contribution in [0.3, 0.4) is 0 Å². The van der Waals surface area contributed by atoms with E-state index in [9.17, 15) is 0 Å². The average Bonchev–Trinajstić information content (AvgIpc) is 3.26. The van der Waals surface area contributed by atoms with E-state index >= 15 is 0 Å². The molecule has 2 atom stereocenters. The Hall–Kier alpha value is -2.61. The summed E-state index contributed by atoms with van der Waals surface area (Å²) in [5.41, 5.74) is 4.47. The normalized spacial score (nSPS) is 19.2. The van der Waals surface area contributed by atoms with E-state index in [-0.39, 0.29) is 0 Å². The minimum Gasteiger partial charge on any atom is -0.504 e. The molecule has 1 aliphatic rings. The fourth-order valence-corrected chi connectivity index (χ4v) is 5.48. The van der Waals surface area contributed by atoms with Crippen molar-refractivity contribution in [2.75, 3.05) is 32.1 Å². The van der Waals surface area contributed by atoms with Crippen LogP contribution in [0.5, 0.6) is 0 Å². The lowest BCUT2D eigenvalue weighted by Gasteiger charge is -2.38. The van der Waals surface area contributed by atoms with Crippen molar-refractivity contribution in [3.8, 4) is 0 Å². The number of nitrogens with one attached hydrogen (secondary N) is 1. The Morgan fingerprint density at radius 3 is 2.72 bits per heavy atom. The fraction of sp³-hybridized carbons (Fsp3) is 0.483. The number of fused-ring (bicyclic) bond motifs is 1. The van der Waals surface area contributed by atoms with Crippen molar-refractivity contribution in [1.29, 1.82) is 0 Å². The first-order valence-corrected chi connectivity index (χ1v) is 16.8. The summed E-state index contributed by atoms with van der Waals surface area (Å²) in [6.45, 7) is 13.9. The van der Waals surface area contributed by atoms with Crippen LogP contribution < -0.4 is 5.32 Å². The number of anilines is 1. The Balaban J connectivity index is 1.54. The van der Waals surface area contributed by atoms with Gasteiger partial charge < -0.3 is 19.4 Å². The zero-order chi connectivity index (χ0) is 25.5. The van der Waals surface area contributed by atoms with Gasteiger partial charge in [-0.15, -0.1) is 0 Å². The number of hydrogen-bond acceptors (Lipinski definition) is 5. The van der Waals surface area contributed by atoms with E-state index in [0.717, 1.165) is 54.6 Å². The maximum Gasteiger partial charge on any atom is 0.143 e. The molecule has 1 fully saturated rings. The van der Waals surface area contributed by atoms with Gasteiger partial charge in [-0.05, 0) is 42.6 Å². The third-order valence-electron chi connectivity index (χ3n) is 7.05. The van der Waals surface area contributed by atoms with Crippen LogP contribution in [0.1, 0.15) is 24.5 Å². The van der Waals surface area contributed by atoms with Gasteiger partial charge in [0.1, 0.15) is 12.4 Å². The molecule has 0 saturated carbocycles. The highest BCUT2D eigenvalue weighted by Gasteiger charge is 2.27. The highest BCUT2D eigenvalue weighted by molar-refractivity contribution is 6.76. The second-order valence-corrected chi connectivity index (χ2v) is 16.9. The maximum atomic E-state index is 6.03. The van der Waals surface area contributed by atoms with Gasteiger partial charge in [-0.1, -0.05) is 56.9 Å². The van der Waals surface area contributed by atoms with Crippen molar-refractivity contribution in [1.82, 2.24) is 14.5 Å². The van der Waals surface area contributed by atoms with Gasteiger partial charge in [0.15, 0.2) is 0 Å². The molecular formula is C29H42N4O2Si. The molecule has 0 aliphatic carbocycles. The summed E-state index contributed by atoms with van der Waals surface area (Å²) >= 11 is 0. The lowest BCUT2D eigenvalue weighted by atomic mass is 9.92. The SMILES string of the molecule is CO/C=C\c1cnc2c(ccn2COCC[Si](C)(C)C)c1N[C@H]1CN(Cc2ccccc2)CC[C@H]1C. The smallest absolute Gasteiger partial charge is 0.143 e. The summed E-state index contributed by atoms with van der Waals surface area (Å²) in [6, 6.07) is 14.4. The second-order valence-electron chi connectivity index (χ2n) is 11.2. The number of rotatable bonds is 11. The third kappa shape index (κ3) is 6.99. The van der Waals surface area contributed by atoms with Crippen LogP contribution >= 0.6 is 0 Å². The molecule has 1 N–H and O–H groups in total. The van der Waals surface area contributed by atoms with E-state index < -0.39 is 8.07 Å². The summed E-state index contributed by atoms with van der Waals surface area (Å²) in [5.74, 6) is 0.575. The molecule has 6 nitrogen and oxygen atoms in total. The molecule has 36 heavy (non-hydrogen) atoms. The summed E-state index contributed by atoms with van der Waals surface area (Å²) in [4.78, 5) is 7.36. The van der Waals surface area contributed by atoms with Crippen molar-refractivity contribution in [2.45, 2.75) is 58.3 Å². The van der Waals surface area contributed by atoms with E-state index in [4.69, 9.17) is 14.5 Å². The monoisotopic (exact) mass is 506 g/mol. The quantitative estimate of drug-likeness (QED) is 0.188. The molecule has 0 amide bonds. The standard InChI is InChI=1S/C29H42N4O2Si/c1-23-11-14-32(20-24-9-7-6-8-10-24)21-27(23)31-28-25(13-16-34-2)19-30-29-26(28)12-15-33(29)22-35-17-18-36(3,4)5/h6-10,12-13,15-16,19,23,27H,11,14,17-18,20-22H2,1-5H3,(H,30,31)/b16-13-/t23-,27+/m1/s1. The average molecular weight is 507 g/mol. The highest BCUT2D eigenvalue weighted by Crippen LogP contribution is 2.31. The second kappa shape index (κ2) is 12.1. The first kappa shape index (κ1) is 26.4. The molecule has 7 heteroatoms. The molecule has 0 bridgehead atoms. The first-order valence-electron chi connectivity index (χ1n) is 13.1. The molecule has 0 radical (unpaired) electrons. The van der Waals surface area contributed by atoms with Gasteiger partial charge in [-0.2, -0.15) is 0 Å². The molecule has 1 saturated heterocycles. The van der Waals surface area contributed by atoms with Gasteiger partial charge >= 0.3 is 0 Å². The summed E-state index contributed by atoms with van der Waals surface area (Å²) in [7, 11) is 0.567. The topological polar surface area (TPSA) is 51.6 Å². The maximum absolute atomic E-state index is 6.03. The van der Waals surface area contributed by atoms with E-state index in [2.05, 4.69) is 83.9 Å². The van der Waals surface area contributed by atoms with Crippen LogP contribution in [0.25, 0.3) is 17.1 Å². The molecule has 3 heterocycles. The van der Waals surface area contributed by atoms with Crippen LogP contribution in [-0.2, 0) is 22.7 Å². The van der Waals surface area contributed by atoms with Crippen LogP contribution in [0.2, 0.25) is 25.7 Å². The van der Waals surface area contributed by atoms with Gasteiger partial charge in [0, 0.05) is 57.2 Å². The largest absolute Gasteiger partial charge is 0.504 e. The lowest BCUT2D eigenvalue weighted by Crippen LogP contribution is -2.46. The van der Waals surface area contributed by atoms with E-state index in [1.54, 1.807) is 13.4 Å². The van der Waals surface area contributed by atoms with Crippen molar-refractivity contribution in [3.05, 3.63) is 66.2 Å². The number of nitrogens with zero attached hydrogens (tertiary/aromatic N) is 3. The highest BCUT2D eigenvalue weighted by atomic mass is 28.3. The fourth-order valence-electron chi connectivity index (χ4n) is 4.72. The molecular weight excluding hydrogens is 464 g/mol. The molecule has 194 valence electrons. The molecule has 1 aliphatic heterocycles. The van der Waals surface area contributed by atoms with E-state index in [1.165, 1.54) is 12.0 Å². The number of methoxy groups -OCH3 is 1. The third-order valence-corrected chi connectivity index (χ3v) is 8.75. The number of ether oxygens (including phenoxy) is 2. The van der Waals surface area contributed by atoms with E-state index in [1.807, 2.05) is 12.3 Å². The van der Waals surface area contributed by atoms with Gasteiger partial charge in [-0.25, -0.2) is 4.98 Å². The minimum atomic E-state index is -1.11. The molecule has 1 aromatic carbocycles. The number of hydrogen-bond donors (Lipinski definition) is 1. The zero-order valence-corrected chi connectivity index (χ0v) is 23.5. The summed E-state index contributed by atoms with van der Waals surface area (Å²) < 4.78 is 13.4. The Labute approximate surface area is 217 Å². The number of aromatic nitrogens is 2. The van der Waals surface area contributed by atoms with Crippen LogP contribution in [-0.4, -0.2) is 55.4 Å². The zero-order valence-electron chi connectivity index (χ0n) is 22.5. The number of benzene rings is 1. The van der Waals surface area contributed by atoms with Gasteiger partial charge in [0.25, 0.3) is 0 Å². The van der Waals surface area contributed by atoms with Crippen molar-refractivity contribution in [3.63, 3.8) is 0 Å². The minimum absolute atomic E-state index is 0.346. The van der Waals surface area contributed by atoms with Gasteiger partial charge in [0.05, 0.1) is 19.1 Å². The number of piperidine rings is 1. The Bertz CT molecular complexity index is 1140. The molecule has 0 unspecified atom stereocenters. The van der Waals surface area contributed by atoms with Crippen LogP contribution in [0, 0.1) is 5.92 Å². The van der Waals surface area contributed by atoms with Crippen LogP contribution in [0.4, 0.5) is 5.69 Å². The predicted molar refractivity (Wildman–Crippen MR) is 153 cm³/mol. The molecule has 3 aromatic rings. The van der Waals surface area contributed by atoms with Crippen LogP contribution in [0.15, 0.2) is 55.1 Å². The van der Waals surface area contributed by atoms with Crippen molar-refractivity contribution in [2.24, 2.45) is 5.92 Å². The lowest BCUT2D eigenvalue weighted by molar-refractivity contribution is 0.0899. The molecule has 2 aromatic heterocycles. The van der Waals surface area contributed by atoms with E-state index in [0.29, 0.717) is 18.7 Å². The van der Waals surface area contributed by atoms with Crippen molar-refractivity contribution < 1.29 is 9.47 Å². The number of pyridine rings is 1. The number of likely N-dealkylation sites (tertiary alicyclic amines) is 1. The predicted octanol–water partition coefficient (Wildman–Crippen LogP) is 6.29. The first-order chi connectivity index (χ1) is 17.3. The van der Waals surface area contributed by atoms with Gasteiger partial charge in [0.2, 0.25) is 0 Å². The molecule has 4 rings (SSSR count). The molecule has 0 spiro atoms. The Morgan fingerprint density at radius 1 is 1.17 bits per heavy atom.